The predicted octanol–water partition coefficient (Wildman–Crippen LogP) is 3.14. The van der Waals surface area contributed by atoms with Crippen molar-refractivity contribution in [3.63, 3.8) is 0 Å². The number of hydrogen-bond donors (Lipinski definition) is 3. The number of hydrogen-bond acceptors (Lipinski definition) is 4. The van der Waals surface area contributed by atoms with E-state index in [2.05, 4.69) is 27.5 Å². The molecule has 0 bridgehead atoms. The Bertz CT molecular complexity index is 481. The molecule has 1 heterocycles. The number of nitrogens with zero attached hydrogens (tertiary/aromatic N) is 1. The normalized spacial score (nSPS) is 23.3. The van der Waals surface area contributed by atoms with Crippen LogP contribution in [0.25, 0.3) is 0 Å². The fraction of sp³-hybridized carbons (Fsp3) is 0.765. The smallest absolute Gasteiger partial charge is 0.407 e. The van der Waals surface area contributed by atoms with Gasteiger partial charge in [-0.05, 0) is 46.5 Å². The van der Waals surface area contributed by atoms with Crippen LogP contribution in [0.2, 0.25) is 0 Å². The number of amides is 1. The summed E-state index contributed by atoms with van der Waals surface area (Å²) in [6, 6.07) is 0.566. The Morgan fingerprint density at radius 1 is 1.43 bits per heavy atom. The average Bonchev–Trinajstić information content (AvgIpc) is 2.99. The monoisotopic (exact) mass is 322 g/mol. The van der Waals surface area contributed by atoms with Crippen molar-refractivity contribution < 1.29 is 9.53 Å². The van der Waals surface area contributed by atoms with Crippen LogP contribution in [0.4, 0.5) is 4.79 Å². The van der Waals surface area contributed by atoms with Gasteiger partial charge in [-0.3, -0.25) is 0 Å². The highest BCUT2D eigenvalue weighted by atomic mass is 16.6. The Hall–Kier alpha value is -1.56. The van der Waals surface area contributed by atoms with Crippen LogP contribution in [-0.2, 0) is 4.74 Å². The summed E-state index contributed by atoms with van der Waals surface area (Å²) in [4.78, 5) is 19.3. The van der Waals surface area contributed by atoms with Crippen LogP contribution in [0.5, 0.6) is 0 Å². The van der Waals surface area contributed by atoms with Crippen LogP contribution in [-0.4, -0.2) is 34.2 Å². The SMILES string of the molecule is CC(NC1CCCCC1CNC(=O)OC(C)(C)C)c1ncc[nH]1. The summed E-state index contributed by atoms with van der Waals surface area (Å²) < 4.78 is 5.32. The minimum absolute atomic E-state index is 0.178. The zero-order valence-electron chi connectivity index (χ0n) is 14.7. The highest BCUT2D eigenvalue weighted by Gasteiger charge is 2.28. The molecule has 1 fully saturated rings. The van der Waals surface area contributed by atoms with Gasteiger partial charge in [0.1, 0.15) is 11.4 Å². The second kappa shape index (κ2) is 7.81. The van der Waals surface area contributed by atoms with E-state index in [9.17, 15) is 4.79 Å². The first-order chi connectivity index (χ1) is 10.8. The van der Waals surface area contributed by atoms with Crippen LogP contribution in [0, 0.1) is 5.92 Å². The number of ether oxygens (including phenoxy) is 1. The molecule has 1 saturated carbocycles. The minimum atomic E-state index is -0.456. The van der Waals surface area contributed by atoms with Crippen molar-refractivity contribution >= 4 is 6.09 Å². The van der Waals surface area contributed by atoms with Gasteiger partial charge in [-0.2, -0.15) is 0 Å². The maximum Gasteiger partial charge on any atom is 0.407 e. The van der Waals surface area contributed by atoms with E-state index in [1.807, 2.05) is 27.0 Å². The first-order valence-electron chi connectivity index (χ1n) is 8.57. The number of carbonyl (C=O) groups is 1. The predicted molar refractivity (Wildman–Crippen MR) is 90.1 cm³/mol. The second-order valence-corrected chi connectivity index (χ2v) is 7.40. The number of nitrogens with one attached hydrogen (secondary N) is 3. The Kier molecular flexibility index (Phi) is 6.04. The summed E-state index contributed by atoms with van der Waals surface area (Å²) in [5.41, 5.74) is -0.456. The van der Waals surface area contributed by atoms with Gasteiger partial charge in [0.05, 0.1) is 6.04 Å². The van der Waals surface area contributed by atoms with Crippen molar-refractivity contribution in [3.8, 4) is 0 Å². The van der Waals surface area contributed by atoms with Gasteiger partial charge < -0.3 is 20.4 Å². The average molecular weight is 322 g/mol. The van der Waals surface area contributed by atoms with E-state index in [1.165, 1.54) is 12.8 Å². The van der Waals surface area contributed by atoms with Crippen LogP contribution in [0.15, 0.2) is 12.4 Å². The molecule has 1 aromatic rings. The topological polar surface area (TPSA) is 79.0 Å². The van der Waals surface area contributed by atoms with E-state index in [1.54, 1.807) is 6.20 Å². The van der Waals surface area contributed by atoms with E-state index < -0.39 is 5.60 Å². The molecule has 3 atom stereocenters. The molecule has 23 heavy (non-hydrogen) atoms. The molecule has 6 nitrogen and oxygen atoms in total. The number of H-pyrrole nitrogens is 1. The molecule has 0 aromatic carbocycles. The summed E-state index contributed by atoms with van der Waals surface area (Å²) in [6.07, 6.45) is 7.98. The fourth-order valence-electron chi connectivity index (χ4n) is 3.11. The summed E-state index contributed by atoms with van der Waals surface area (Å²) in [7, 11) is 0. The summed E-state index contributed by atoms with van der Waals surface area (Å²) >= 11 is 0. The van der Waals surface area contributed by atoms with Crippen LogP contribution in [0.1, 0.15) is 65.2 Å². The largest absolute Gasteiger partial charge is 0.444 e. The Labute approximate surface area is 138 Å². The molecule has 3 unspecified atom stereocenters. The maximum atomic E-state index is 11.8. The standard InChI is InChI=1S/C17H30N4O2/c1-12(15-18-9-10-19-15)21-14-8-6-5-7-13(14)11-20-16(22)23-17(2,3)4/h9-10,12-14,21H,5-8,11H2,1-4H3,(H,18,19)(H,20,22). The van der Waals surface area contributed by atoms with Crippen molar-refractivity contribution in [2.75, 3.05) is 6.54 Å². The zero-order chi connectivity index (χ0) is 16.9. The molecule has 1 aromatic heterocycles. The number of imidazole rings is 1. The number of aromatic amines is 1. The molecule has 0 aliphatic heterocycles. The van der Waals surface area contributed by atoms with Gasteiger partial charge in [0.25, 0.3) is 0 Å². The summed E-state index contributed by atoms with van der Waals surface area (Å²) in [6.45, 7) is 8.40. The molecule has 0 radical (unpaired) electrons. The van der Waals surface area contributed by atoms with Gasteiger partial charge in [0.15, 0.2) is 0 Å². The number of aromatic nitrogens is 2. The first-order valence-corrected chi connectivity index (χ1v) is 8.57. The molecule has 1 aliphatic carbocycles. The number of carbonyl (C=O) groups excluding carboxylic acids is 1. The Morgan fingerprint density at radius 2 is 2.17 bits per heavy atom. The lowest BCUT2D eigenvalue weighted by molar-refractivity contribution is 0.0510. The van der Waals surface area contributed by atoms with Crippen molar-refractivity contribution in [2.45, 2.75) is 71.1 Å². The number of rotatable bonds is 5. The van der Waals surface area contributed by atoms with Gasteiger partial charge in [0, 0.05) is 25.0 Å². The molecular weight excluding hydrogens is 292 g/mol. The van der Waals surface area contributed by atoms with Crippen LogP contribution in [0.3, 0.4) is 0 Å². The van der Waals surface area contributed by atoms with Crippen molar-refractivity contribution in [1.82, 2.24) is 20.6 Å². The molecule has 6 heteroatoms. The third kappa shape index (κ3) is 5.86. The van der Waals surface area contributed by atoms with E-state index in [0.717, 1.165) is 18.7 Å². The van der Waals surface area contributed by atoms with Gasteiger partial charge in [-0.15, -0.1) is 0 Å². The number of alkyl carbamates (subject to hydrolysis) is 1. The molecule has 1 amide bonds. The van der Waals surface area contributed by atoms with Crippen LogP contribution >= 0.6 is 0 Å². The van der Waals surface area contributed by atoms with E-state index in [-0.39, 0.29) is 12.1 Å². The zero-order valence-corrected chi connectivity index (χ0v) is 14.7. The summed E-state index contributed by atoms with van der Waals surface area (Å²) in [5.74, 6) is 1.38. The molecule has 1 aliphatic rings. The molecule has 0 saturated heterocycles. The molecule has 0 spiro atoms. The maximum absolute atomic E-state index is 11.8. The molecule has 3 N–H and O–H groups in total. The molecular formula is C17H30N4O2. The fourth-order valence-corrected chi connectivity index (χ4v) is 3.11. The summed E-state index contributed by atoms with van der Waals surface area (Å²) in [5, 5.41) is 6.58. The van der Waals surface area contributed by atoms with E-state index in [4.69, 9.17) is 4.74 Å². The Morgan fingerprint density at radius 3 is 2.83 bits per heavy atom. The van der Waals surface area contributed by atoms with Gasteiger partial charge >= 0.3 is 6.09 Å². The highest BCUT2D eigenvalue weighted by Crippen LogP contribution is 2.26. The van der Waals surface area contributed by atoms with Crippen molar-refractivity contribution in [1.29, 1.82) is 0 Å². The van der Waals surface area contributed by atoms with E-state index >= 15 is 0 Å². The van der Waals surface area contributed by atoms with Gasteiger partial charge in [0.2, 0.25) is 0 Å². The molecule has 130 valence electrons. The Balaban J connectivity index is 1.84. The highest BCUT2D eigenvalue weighted by molar-refractivity contribution is 5.67. The lowest BCUT2D eigenvalue weighted by Crippen LogP contribution is -2.45. The molecule has 2 rings (SSSR count). The minimum Gasteiger partial charge on any atom is -0.444 e. The second-order valence-electron chi connectivity index (χ2n) is 7.40. The van der Waals surface area contributed by atoms with Crippen molar-refractivity contribution in [3.05, 3.63) is 18.2 Å². The third-order valence-corrected chi connectivity index (χ3v) is 4.21. The first kappa shape index (κ1) is 17.8. The quantitative estimate of drug-likeness (QED) is 0.778. The lowest BCUT2D eigenvalue weighted by atomic mass is 9.84. The third-order valence-electron chi connectivity index (χ3n) is 4.21. The van der Waals surface area contributed by atoms with E-state index in [0.29, 0.717) is 18.5 Å². The van der Waals surface area contributed by atoms with Gasteiger partial charge in [-0.25, -0.2) is 9.78 Å². The van der Waals surface area contributed by atoms with Crippen molar-refractivity contribution in [2.24, 2.45) is 5.92 Å². The lowest BCUT2D eigenvalue weighted by Gasteiger charge is -2.34. The van der Waals surface area contributed by atoms with Crippen LogP contribution < -0.4 is 10.6 Å². The van der Waals surface area contributed by atoms with Gasteiger partial charge in [-0.1, -0.05) is 12.8 Å².